The number of thiazole rings is 1. The van der Waals surface area contributed by atoms with Crippen molar-refractivity contribution in [2.24, 2.45) is 0 Å². The summed E-state index contributed by atoms with van der Waals surface area (Å²) in [7, 11) is 0. The first-order valence-corrected chi connectivity index (χ1v) is 8.93. The van der Waals surface area contributed by atoms with Crippen molar-refractivity contribution in [2.45, 2.75) is 0 Å². The number of amides is 2. The molecule has 3 rings (SSSR count). The predicted molar refractivity (Wildman–Crippen MR) is 94.5 cm³/mol. The van der Waals surface area contributed by atoms with Crippen LogP contribution in [-0.4, -0.2) is 16.8 Å². The molecule has 0 saturated heterocycles. The van der Waals surface area contributed by atoms with Crippen LogP contribution in [0.4, 0.5) is 0 Å². The minimum absolute atomic E-state index is 0.359. The van der Waals surface area contributed by atoms with Gasteiger partial charge in [-0.05, 0) is 28.1 Å². The molecule has 2 N–H and O–H groups in total. The van der Waals surface area contributed by atoms with Crippen LogP contribution in [0, 0.1) is 0 Å². The second-order valence-corrected chi connectivity index (χ2v) is 7.90. The molecule has 2 amide bonds. The van der Waals surface area contributed by atoms with Gasteiger partial charge in [0.05, 0.1) is 14.9 Å². The summed E-state index contributed by atoms with van der Waals surface area (Å²) in [6.45, 7) is 0. The molecule has 2 heterocycles. The lowest BCUT2D eigenvalue weighted by molar-refractivity contribution is 0.0851. The van der Waals surface area contributed by atoms with Gasteiger partial charge in [-0.2, -0.15) is 0 Å². The fourth-order valence-electron chi connectivity index (χ4n) is 1.77. The number of hydrazine groups is 1. The van der Waals surface area contributed by atoms with E-state index in [0.29, 0.717) is 9.75 Å². The molecule has 23 heavy (non-hydrogen) atoms. The van der Waals surface area contributed by atoms with E-state index >= 15 is 0 Å². The van der Waals surface area contributed by atoms with Gasteiger partial charge in [-0.1, -0.05) is 30.3 Å². The van der Waals surface area contributed by atoms with Gasteiger partial charge < -0.3 is 0 Å². The predicted octanol–water partition coefficient (Wildman–Crippen LogP) is 3.71. The Labute approximate surface area is 148 Å². The third kappa shape index (κ3) is 3.84. The van der Waals surface area contributed by atoms with Gasteiger partial charge in [0.25, 0.3) is 11.8 Å². The first-order chi connectivity index (χ1) is 11.1. The molecule has 3 aromatic rings. The van der Waals surface area contributed by atoms with E-state index in [1.54, 1.807) is 12.1 Å². The number of benzene rings is 1. The average Bonchev–Trinajstić information content (AvgIpc) is 3.22. The number of carbonyl (C=O) groups is 2. The summed E-state index contributed by atoms with van der Waals surface area (Å²) in [4.78, 5) is 29.1. The summed E-state index contributed by atoms with van der Waals surface area (Å²) in [5, 5.41) is 0.754. The van der Waals surface area contributed by atoms with Crippen LogP contribution in [0.1, 0.15) is 19.3 Å². The van der Waals surface area contributed by atoms with Crippen LogP contribution in [0.5, 0.6) is 0 Å². The molecule has 0 aliphatic rings. The van der Waals surface area contributed by atoms with Crippen molar-refractivity contribution < 1.29 is 9.59 Å². The Morgan fingerprint density at radius 3 is 2.26 bits per heavy atom. The number of hydrogen-bond donors (Lipinski definition) is 2. The minimum atomic E-state index is -0.395. The van der Waals surface area contributed by atoms with Gasteiger partial charge in [0.1, 0.15) is 9.88 Å². The smallest absolute Gasteiger partial charge is 0.266 e. The number of halogens is 1. The maximum atomic E-state index is 12.1. The van der Waals surface area contributed by atoms with Crippen molar-refractivity contribution in [3.8, 4) is 10.6 Å². The van der Waals surface area contributed by atoms with Crippen molar-refractivity contribution >= 4 is 50.4 Å². The largest absolute Gasteiger partial charge is 0.281 e. The molecule has 8 heteroatoms. The van der Waals surface area contributed by atoms with Crippen molar-refractivity contribution in [1.29, 1.82) is 0 Å². The molecule has 0 aliphatic carbocycles. The van der Waals surface area contributed by atoms with Crippen LogP contribution in [-0.2, 0) is 0 Å². The molecule has 0 fully saturated rings. The standard InChI is InChI=1S/C15H10BrN3O2S2/c16-12-7-6-10(22-12)13(20)18-19-14(21)11-8-17-15(23-11)9-4-2-1-3-5-9/h1-8H,(H,18,20)(H,19,21). The van der Waals surface area contributed by atoms with Gasteiger partial charge in [-0.15, -0.1) is 22.7 Å². The summed E-state index contributed by atoms with van der Waals surface area (Å²) in [6.07, 6.45) is 1.50. The zero-order valence-corrected chi connectivity index (χ0v) is 14.8. The van der Waals surface area contributed by atoms with Crippen LogP contribution in [0.3, 0.4) is 0 Å². The number of carbonyl (C=O) groups excluding carboxylic acids is 2. The molecule has 0 unspecified atom stereocenters. The SMILES string of the molecule is O=C(NNC(=O)c1cnc(-c2ccccc2)s1)c1ccc(Br)s1. The maximum Gasteiger partial charge on any atom is 0.281 e. The van der Waals surface area contributed by atoms with E-state index in [0.717, 1.165) is 14.4 Å². The molecule has 116 valence electrons. The van der Waals surface area contributed by atoms with Gasteiger partial charge in [-0.3, -0.25) is 20.4 Å². The number of rotatable bonds is 3. The molecular weight excluding hydrogens is 398 g/mol. The molecule has 0 atom stereocenters. The van der Waals surface area contributed by atoms with Crippen molar-refractivity contribution in [2.75, 3.05) is 0 Å². The Bertz CT molecular complexity index is 845. The second kappa shape index (κ2) is 7.03. The first-order valence-electron chi connectivity index (χ1n) is 6.51. The summed E-state index contributed by atoms with van der Waals surface area (Å²) in [5.74, 6) is -0.754. The van der Waals surface area contributed by atoms with Gasteiger partial charge in [0, 0.05) is 5.56 Å². The minimum Gasteiger partial charge on any atom is -0.266 e. The van der Waals surface area contributed by atoms with Gasteiger partial charge in [0.2, 0.25) is 0 Å². The third-order valence-electron chi connectivity index (χ3n) is 2.84. The molecule has 0 radical (unpaired) electrons. The highest BCUT2D eigenvalue weighted by molar-refractivity contribution is 9.11. The highest BCUT2D eigenvalue weighted by atomic mass is 79.9. The van der Waals surface area contributed by atoms with Crippen LogP contribution in [0.15, 0.2) is 52.4 Å². The molecule has 2 aromatic heterocycles. The van der Waals surface area contributed by atoms with E-state index in [-0.39, 0.29) is 5.91 Å². The van der Waals surface area contributed by atoms with E-state index in [1.165, 1.54) is 28.9 Å². The number of nitrogens with zero attached hydrogens (tertiary/aromatic N) is 1. The fraction of sp³-hybridized carbons (Fsp3) is 0. The normalized spacial score (nSPS) is 10.3. The van der Waals surface area contributed by atoms with Crippen molar-refractivity contribution in [1.82, 2.24) is 15.8 Å². The van der Waals surface area contributed by atoms with Crippen LogP contribution < -0.4 is 10.9 Å². The van der Waals surface area contributed by atoms with Crippen LogP contribution in [0.2, 0.25) is 0 Å². The molecule has 0 bridgehead atoms. The maximum absolute atomic E-state index is 12.1. The Morgan fingerprint density at radius 2 is 1.61 bits per heavy atom. The summed E-state index contributed by atoms with van der Waals surface area (Å²) < 4.78 is 0.851. The van der Waals surface area contributed by atoms with Crippen molar-refractivity contribution in [3.05, 3.63) is 62.2 Å². The molecule has 0 aliphatic heterocycles. The second-order valence-electron chi connectivity index (χ2n) is 4.41. The Hall–Kier alpha value is -2.03. The van der Waals surface area contributed by atoms with E-state index in [9.17, 15) is 9.59 Å². The zero-order valence-electron chi connectivity index (χ0n) is 11.6. The van der Waals surface area contributed by atoms with E-state index in [4.69, 9.17) is 0 Å². The average molecular weight is 408 g/mol. The van der Waals surface area contributed by atoms with E-state index in [2.05, 4.69) is 31.8 Å². The van der Waals surface area contributed by atoms with Gasteiger partial charge in [-0.25, -0.2) is 4.98 Å². The Balaban J connectivity index is 1.63. The molecule has 0 saturated carbocycles. The van der Waals surface area contributed by atoms with Crippen LogP contribution >= 0.6 is 38.6 Å². The lowest BCUT2D eigenvalue weighted by Gasteiger charge is -2.03. The summed E-state index contributed by atoms with van der Waals surface area (Å²) >= 11 is 5.84. The van der Waals surface area contributed by atoms with Crippen molar-refractivity contribution in [3.63, 3.8) is 0 Å². The summed E-state index contributed by atoms with van der Waals surface area (Å²) in [5.41, 5.74) is 5.73. The highest BCUT2D eigenvalue weighted by Gasteiger charge is 2.14. The summed E-state index contributed by atoms with van der Waals surface area (Å²) in [6, 6.07) is 13.1. The number of nitrogens with one attached hydrogen (secondary N) is 2. The van der Waals surface area contributed by atoms with E-state index in [1.807, 2.05) is 30.3 Å². The third-order valence-corrected chi connectivity index (χ3v) is 5.50. The zero-order chi connectivity index (χ0) is 16.2. The fourth-order valence-corrected chi connectivity index (χ4v) is 3.86. The lowest BCUT2D eigenvalue weighted by Crippen LogP contribution is -2.41. The highest BCUT2D eigenvalue weighted by Crippen LogP contribution is 2.24. The van der Waals surface area contributed by atoms with Gasteiger partial charge in [0.15, 0.2) is 0 Å². The lowest BCUT2D eigenvalue weighted by atomic mass is 10.2. The molecule has 0 spiro atoms. The number of aromatic nitrogens is 1. The number of hydrogen-bond acceptors (Lipinski definition) is 5. The van der Waals surface area contributed by atoms with E-state index < -0.39 is 5.91 Å². The monoisotopic (exact) mass is 407 g/mol. The molecule has 5 nitrogen and oxygen atoms in total. The molecule has 1 aromatic carbocycles. The Morgan fingerprint density at radius 1 is 0.913 bits per heavy atom. The van der Waals surface area contributed by atoms with Gasteiger partial charge >= 0.3 is 0 Å². The molecular formula is C15H10BrN3O2S2. The van der Waals surface area contributed by atoms with Crippen LogP contribution in [0.25, 0.3) is 10.6 Å². The Kier molecular flexibility index (Phi) is 4.85. The quantitative estimate of drug-likeness (QED) is 0.650. The number of thiophene rings is 1. The topological polar surface area (TPSA) is 71.1 Å². The first kappa shape index (κ1) is 15.9.